The molecular weight excluding hydrogens is 453 g/mol. The number of sulfone groups is 1. The number of aromatic nitrogens is 2. The van der Waals surface area contributed by atoms with Crippen LogP contribution in [0.1, 0.15) is 58.5 Å². The van der Waals surface area contributed by atoms with Gasteiger partial charge in [0.15, 0.2) is 0 Å². The lowest BCUT2D eigenvalue weighted by Gasteiger charge is -2.24. The number of benzene rings is 1. The number of alkyl carbamates (subject to hydrolysis) is 1. The lowest BCUT2D eigenvalue weighted by Crippen LogP contribution is -2.37. The Morgan fingerprint density at radius 2 is 1.90 bits per heavy atom. The second-order valence-corrected chi connectivity index (χ2v) is 10.6. The van der Waals surface area contributed by atoms with E-state index in [1.165, 1.54) is 12.1 Å². The molecule has 0 aliphatic rings. The van der Waals surface area contributed by atoms with Crippen LogP contribution in [0, 0.1) is 5.92 Å². The van der Waals surface area contributed by atoms with Crippen molar-refractivity contribution in [2.75, 3.05) is 0 Å². The van der Waals surface area contributed by atoms with E-state index in [-0.39, 0.29) is 22.6 Å². The molecule has 2 aromatic rings. The number of rotatable bonds is 7. The number of hydrogen-bond acceptors (Lipinski definition) is 7. The molecule has 166 valence electrons. The number of hydrogen-bond donors (Lipinski definition) is 1. The zero-order chi connectivity index (χ0) is 22.7. The van der Waals surface area contributed by atoms with Crippen LogP contribution in [0.15, 0.2) is 27.8 Å². The molecule has 30 heavy (non-hydrogen) atoms. The molecule has 1 heterocycles. The summed E-state index contributed by atoms with van der Waals surface area (Å²) in [6.07, 6.45) is 0.0139. The van der Waals surface area contributed by atoms with Gasteiger partial charge in [-0.15, -0.1) is 5.10 Å². The van der Waals surface area contributed by atoms with E-state index in [2.05, 4.69) is 15.5 Å². The Kier molecular flexibility index (Phi) is 7.76. The van der Waals surface area contributed by atoms with Crippen molar-refractivity contribution in [2.24, 2.45) is 5.92 Å². The van der Waals surface area contributed by atoms with E-state index in [1.807, 2.05) is 13.8 Å². The normalized spacial score (nSPS) is 14.2. The maximum Gasteiger partial charge on any atom is 0.408 e. The summed E-state index contributed by atoms with van der Waals surface area (Å²) in [7, 11) is -3.93. The van der Waals surface area contributed by atoms with Gasteiger partial charge in [-0.05, 0) is 44.4 Å². The van der Waals surface area contributed by atoms with Gasteiger partial charge >= 0.3 is 11.3 Å². The summed E-state index contributed by atoms with van der Waals surface area (Å²) in [6, 6.07) is 3.82. The molecule has 0 saturated heterocycles. The number of ether oxygens (including phenoxy) is 1. The Morgan fingerprint density at radius 3 is 2.47 bits per heavy atom. The van der Waals surface area contributed by atoms with Crippen molar-refractivity contribution in [3.05, 3.63) is 39.7 Å². The SMILES string of the molecule is CC[C@H](C)[C@H](NC(=O)OC(C)(C)C)c1nnc(S(=O)(=O)Cc2ccc(Cl)c(Cl)c2)o1. The van der Waals surface area contributed by atoms with Crippen LogP contribution in [0.2, 0.25) is 10.0 Å². The summed E-state index contributed by atoms with van der Waals surface area (Å²) in [6.45, 7) is 9.02. The zero-order valence-electron chi connectivity index (χ0n) is 17.4. The van der Waals surface area contributed by atoms with Crippen LogP contribution in [0.5, 0.6) is 0 Å². The first-order chi connectivity index (χ1) is 13.8. The van der Waals surface area contributed by atoms with Crippen molar-refractivity contribution in [3.63, 3.8) is 0 Å². The minimum atomic E-state index is -3.93. The predicted molar refractivity (Wildman–Crippen MR) is 113 cm³/mol. The van der Waals surface area contributed by atoms with E-state index >= 15 is 0 Å². The van der Waals surface area contributed by atoms with Gasteiger partial charge in [-0.1, -0.05) is 54.6 Å². The maximum atomic E-state index is 12.7. The molecule has 8 nitrogen and oxygen atoms in total. The highest BCUT2D eigenvalue weighted by molar-refractivity contribution is 7.90. The smallest absolute Gasteiger partial charge is 0.408 e. The van der Waals surface area contributed by atoms with Gasteiger partial charge in [0, 0.05) is 0 Å². The first-order valence-electron chi connectivity index (χ1n) is 9.32. The number of amides is 1. The Labute approximate surface area is 186 Å². The van der Waals surface area contributed by atoms with E-state index < -0.39 is 32.8 Å². The molecule has 0 spiro atoms. The molecule has 0 aliphatic heterocycles. The lowest BCUT2D eigenvalue weighted by atomic mass is 9.99. The maximum absolute atomic E-state index is 12.7. The van der Waals surface area contributed by atoms with Gasteiger partial charge in [0.2, 0.25) is 15.7 Å². The highest BCUT2D eigenvalue weighted by Crippen LogP contribution is 2.28. The molecule has 0 radical (unpaired) electrons. The molecule has 1 N–H and O–H groups in total. The first-order valence-corrected chi connectivity index (χ1v) is 11.7. The molecule has 0 bridgehead atoms. The van der Waals surface area contributed by atoms with Crippen LogP contribution in [0.25, 0.3) is 0 Å². The van der Waals surface area contributed by atoms with Crippen LogP contribution in [-0.2, 0) is 20.3 Å². The third kappa shape index (κ3) is 6.58. The van der Waals surface area contributed by atoms with Crippen molar-refractivity contribution in [1.82, 2.24) is 15.5 Å². The van der Waals surface area contributed by atoms with Crippen LogP contribution in [0.3, 0.4) is 0 Å². The van der Waals surface area contributed by atoms with Crippen molar-refractivity contribution < 1.29 is 22.4 Å². The van der Waals surface area contributed by atoms with Gasteiger partial charge in [-0.25, -0.2) is 13.2 Å². The van der Waals surface area contributed by atoms with E-state index in [0.717, 1.165) is 0 Å². The van der Waals surface area contributed by atoms with Gasteiger partial charge in [0.25, 0.3) is 0 Å². The molecule has 1 amide bonds. The molecule has 1 aromatic carbocycles. The Morgan fingerprint density at radius 1 is 1.23 bits per heavy atom. The van der Waals surface area contributed by atoms with Crippen molar-refractivity contribution in [1.29, 1.82) is 0 Å². The van der Waals surface area contributed by atoms with E-state index in [0.29, 0.717) is 17.0 Å². The molecular formula is C19H25Cl2N3O5S. The lowest BCUT2D eigenvalue weighted by molar-refractivity contribution is 0.0473. The van der Waals surface area contributed by atoms with Gasteiger partial charge in [-0.2, -0.15) is 0 Å². The second kappa shape index (κ2) is 9.53. The summed E-state index contributed by atoms with van der Waals surface area (Å²) < 4.78 is 36.1. The largest absolute Gasteiger partial charge is 0.444 e. The Hall–Kier alpha value is -1.84. The van der Waals surface area contributed by atoms with E-state index in [4.69, 9.17) is 32.4 Å². The number of halogens is 2. The van der Waals surface area contributed by atoms with E-state index in [9.17, 15) is 13.2 Å². The molecule has 0 saturated carbocycles. The zero-order valence-corrected chi connectivity index (χ0v) is 19.7. The number of nitrogens with zero attached hydrogens (tertiary/aromatic N) is 2. The minimum absolute atomic E-state index is 0.0112. The van der Waals surface area contributed by atoms with Crippen molar-refractivity contribution in [3.8, 4) is 0 Å². The van der Waals surface area contributed by atoms with Gasteiger partial charge in [0.1, 0.15) is 11.6 Å². The van der Waals surface area contributed by atoms with Gasteiger partial charge < -0.3 is 14.5 Å². The van der Waals surface area contributed by atoms with Gasteiger partial charge in [-0.3, -0.25) is 0 Å². The average Bonchev–Trinajstić information content (AvgIpc) is 3.11. The van der Waals surface area contributed by atoms with Gasteiger partial charge in [0.05, 0.1) is 15.8 Å². The van der Waals surface area contributed by atoms with Crippen molar-refractivity contribution >= 4 is 39.1 Å². The third-order valence-electron chi connectivity index (χ3n) is 4.18. The monoisotopic (exact) mass is 477 g/mol. The summed E-state index contributed by atoms with van der Waals surface area (Å²) in [4.78, 5) is 12.2. The van der Waals surface area contributed by atoms with E-state index in [1.54, 1.807) is 26.8 Å². The fourth-order valence-corrected chi connectivity index (χ4v) is 3.94. The van der Waals surface area contributed by atoms with Crippen LogP contribution in [0.4, 0.5) is 4.79 Å². The van der Waals surface area contributed by atoms with Crippen LogP contribution < -0.4 is 5.32 Å². The third-order valence-corrected chi connectivity index (χ3v) is 6.33. The first kappa shape index (κ1) is 24.4. The number of nitrogens with one attached hydrogen (secondary N) is 1. The fourth-order valence-electron chi connectivity index (χ4n) is 2.50. The molecule has 11 heteroatoms. The molecule has 2 atom stereocenters. The highest BCUT2D eigenvalue weighted by atomic mass is 35.5. The summed E-state index contributed by atoms with van der Waals surface area (Å²) in [5, 5.41) is 10.3. The topological polar surface area (TPSA) is 111 Å². The standard InChI is InChI=1S/C19H25Cl2N3O5S/c1-6-11(2)15(22-17(25)29-19(3,4)5)16-23-24-18(28-16)30(26,27)10-12-7-8-13(20)14(21)9-12/h7-9,11,15H,6,10H2,1-5H3,(H,22,25)/t11-,15-/m0/s1. The summed E-state index contributed by atoms with van der Waals surface area (Å²) >= 11 is 11.8. The number of carbonyl (C=O) groups excluding carboxylic acids is 1. The fraction of sp³-hybridized carbons (Fsp3) is 0.526. The van der Waals surface area contributed by atoms with Crippen LogP contribution in [-0.4, -0.2) is 30.3 Å². The molecule has 0 unspecified atom stereocenters. The molecule has 2 rings (SSSR count). The Balaban J connectivity index is 2.25. The summed E-state index contributed by atoms with van der Waals surface area (Å²) in [5.74, 6) is -0.509. The molecule has 1 aromatic heterocycles. The van der Waals surface area contributed by atoms with Crippen molar-refractivity contribution in [2.45, 2.75) is 63.7 Å². The predicted octanol–water partition coefficient (Wildman–Crippen LogP) is 4.96. The van der Waals surface area contributed by atoms with Crippen LogP contribution >= 0.6 is 23.2 Å². The quantitative estimate of drug-likeness (QED) is 0.599. The average molecular weight is 478 g/mol. The summed E-state index contributed by atoms with van der Waals surface area (Å²) in [5.41, 5.74) is -0.262. The number of carbonyl (C=O) groups is 1. The highest BCUT2D eigenvalue weighted by Gasteiger charge is 2.31. The second-order valence-electron chi connectivity index (χ2n) is 7.92. The Bertz CT molecular complexity index is 1000. The molecule has 0 fully saturated rings. The molecule has 0 aliphatic carbocycles. The minimum Gasteiger partial charge on any atom is -0.444 e.